The third kappa shape index (κ3) is 2.77. The largest absolute Gasteiger partial charge is 0.293 e. The molecule has 82 valence electrons. The van der Waals surface area contributed by atoms with E-state index in [4.69, 9.17) is 0 Å². The zero-order valence-corrected chi connectivity index (χ0v) is 11.1. The summed E-state index contributed by atoms with van der Waals surface area (Å²) in [7, 11) is 0. The van der Waals surface area contributed by atoms with Crippen molar-refractivity contribution >= 4 is 33.0 Å². The Morgan fingerprint density at radius 2 is 2.19 bits per heavy atom. The number of nitrogens with zero attached hydrogens (tertiary/aromatic N) is 1. The first-order valence-electron chi connectivity index (χ1n) is 4.85. The molecule has 0 N–H and O–H groups in total. The second kappa shape index (κ2) is 4.89. The Morgan fingerprint density at radius 1 is 1.38 bits per heavy atom. The standard InChI is InChI=1S/C12H10BrNOS/c1-8-2-3-9(14-7-8)6-10(15)11-4-5-12(13)16-11/h2-5,7H,6H2,1H3. The molecule has 0 atom stereocenters. The number of aromatic nitrogens is 1. The van der Waals surface area contributed by atoms with E-state index in [1.165, 1.54) is 11.3 Å². The van der Waals surface area contributed by atoms with Crippen LogP contribution in [-0.2, 0) is 6.42 Å². The quantitative estimate of drug-likeness (QED) is 0.809. The van der Waals surface area contributed by atoms with Gasteiger partial charge in [-0.25, -0.2) is 0 Å². The molecule has 16 heavy (non-hydrogen) atoms. The Hall–Kier alpha value is -1.00. The molecule has 0 amide bonds. The van der Waals surface area contributed by atoms with E-state index in [0.29, 0.717) is 6.42 Å². The SMILES string of the molecule is Cc1ccc(CC(=O)c2ccc(Br)s2)nc1. The molecule has 2 aromatic rings. The van der Waals surface area contributed by atoms with Gasteiger partial charge in [-0.1, -0.05) is 6.07 Å². The number of carbonyl (C=O) groups is 1. The lowest BCUT2D eigenvalue weighted by Crippen LogP contribution is -2.02. The topological polar surface area (TPSA) is 30.0 Å². The molecule has 0 radical (unpaired) electrons. The molecule has 0 aromatic carbocycles. The molecule has 0 aliphatic heterocycles. The van der Waals surface area contributed by atoms with Crippen molar-refractivity contribution in [1.82, 2.24) is 4.98 Å². The summed E-state index contributed by atoms with van der Waals surface area (Å²) in [5.41, 5.74) is 1.93. The molecule has 2 heterocycles. The van der Waals surface area contributed by atoms with E-state index >= 15 is 0 Å². The average Bonchev–Trinajstić information content (AvgIpc) is 2.68. The fourth-order valence-corrected chi connectivity index (χ4v) is 2.64. The molecule has 0 spiro atoms. The Morgan fingerprint density at radius 3 is 2.75 bits per heavy atom. The van der Waals surface area contributed by atoms with Crippen LogP contribution in [0.1, 0.15) is 20.9 Å². The molecule has 0 unspecified atom stereocenters. The predicted octanol–water partition coefficient (Wildman–Crippen LogP) is 3.64. The van der Waals surface area contributed by atoms with Crippen molar-refractivity contribution in [2.45, 2.75) is 13.3 Å². The summed E-state index contributed by atoms with van der Waals surface area (Å²) >= 11 is 4.80. The fourth-order valence-electron chi connectivity index (χ4n) is 1.32. The first-order chi connectivity index (χ1) is 7.65. The van der Waals surface area contributed by atoms with E-state index < -0.39 is 0 Å². The molecule has 0 saturated heterocycles. The summed E-state index contributed by atoms with van der Waals surface area (Å²) in [5.74, 6) is 0.118. The van der Waals surface area contributed by atoms with Gasteiger partial charge in [0.1, 0.15) is 0 Å². The first kappa shape index (κ1) is 11.5. The summed E-state index contributed by atoms with van der Waals surface area (Å²) in [4.78, 5) is 16.9. The van der Waals surface area contributed by atoms with Gasteiger partial charge in [-0.15, -0.1) is 11.3 Å². The number of carbonyl (C=O) groups excluding carboxylic acids is 1. The number of aryl methyl sites for hydroxylation is 1. The number of Topliss-reactive ketones (excluding diaryl/α,β-unsaturated/α-hetero) is 1. The van der Waals surface area contributed by atoms with Crippen LogP contribution in [0.2, 0.25) is 0 Å². The summed E-state index contributed by atoms with van der Waals surface area (Å²) in [6.45, 7) is 1.98. The maximum Gasteiger partial charge on any atom is 0.178 e. The molecular weight excluding hydrogens is 286 g/mol. The molecule has 0 saturated carbocycles. The lowest BCUT2D eigenvalue weighted by Gasteiger charge is -1.98. The second-order valence-corrected chi connectivity index (χ2v) is 5.99. The van der Waals surface area contributed by atoms with Crippen LogP contribution >= 0.6 is 27.3 Å². The normalized spacial score (nSPS) is 10.4. The van der Waals surface area contributed by atoms with Crippen LogP contribution in [0.25, 0.3) is 0 Å². The molecule has 0 bridgehead atoms. The second-order valence-electron chi connectivity index (χ2n) is 3.53. The Balaban J connectivity index is 2.10. The van der Waals surface area contributed by atoms with Gasteiger partial charge in [-0.05, 0) is 46.6 Å². The minimum Gasteiger partial charge on any atom is -0.293 e. The van der Waals surface area contributed by atoms with Crippen LogP contribution in [0.5, 0.6) is 0 Å². The van der Waals surface area contributed by atoms with Gasteiger partial charge in [0, 0.05) is 11.9 Å². The minimum atomic E-state index is 0.118. The smallest absolute Gasteiger partial charge is 0.178 e. The monoisotopic (exact) mass is 295 g/mol. The van der Waals surface area contributed by atoms with Gasteiger partial charge in [0.2, 0.25) is 0 Å². The number of hydrogen-bond acceptors (Lipinski definition) is 3. The van der Waals surface area contributed by atoms with Crippen molar-refractivity contribution in [2.75, 3.05) is 0 Å². The van der Waals surface area contributed by atoms with Gasteiger partial charge >= 0.3 is 0 Å². The van der Waals surface area contributed by atoms with Gasteiger partial charge in [-0.2, -0.15) is 0 Å². The van der Waals surface area contributed by atoms with Crippen molar-refractivity contribution in [2.24, 2.45) is 0 Å². The van der Waals surface area contributed by atoms with Crippen LogP contribution in [0.15, 0.2) is 34.2 Å². The van der Waals surface area contributed by atoms with Gasteiger partial charge in [0.15, 0.2) is 5.78 Å². The van der Waals surface area contributed by atoms with Crippen molar-refractivity contribution in [3.8, 4) is 0 Å². The number of pyridine rings is 1. The highest BCUT2D eigenvalue weighted by Crippen LogP contribution is 2.23. The van der Waals surface area contributed by atoms with Crippen molar-refractivity contribution in [3.05, 3.63) is 50.4 Å². The lowest BCUT2D eigenvalue weighted by atomic mass is 10.1. The number of halogens is 1. The molecule has 0 fully saturated rings. The van der Waals surface area contributed by atoms with E-state index in [1.54, 1.807) is 6.20 Å². The first-order valence-corrected chi connectivity index (χ1v) is 6.46. The molecule has 0 aliphatic rings. The average molecular weight is 296 g/mol. The van der Waals surface area contributed by atoms with Crippen molar-refractivity contribution < 1.29 is 4.79 Å². The Labute approximate surface area is 106 Å². The molecular formula is C12H10BrNOS. The highest BCUT2D eigenvalue weighted by atomic mass is 79.9. The van der Waals surface area contributed by atoms with Gasteiger partial charge in [-0.3, -0.25) is 9.78 Å². The van der Waals surface area contributed by atoms with Crippen LogP contribution in [-0.4, -0.2) is 10.8 Å². The van der Waals surface area contributed by atoms with E-state index in [0.717, 1.165) is 19.9 Å². The fraction of sp³-hybridized carbons (Fsp3) is 0.167. The molecule has 2 rings (SSSR count). The molecule has 4 heteroatoms. The van der Waals surface area contributed by atoms with Gasteiger partial charge in [0.25, 0.3) is 0 Å². The van der Waals surface area contributed by atoms with Gasteiger partial charge < -0.3 is 0 Å². The van der Waals surface area contributed by atoms with Crippen LogP contribution in [0.3, 0.4) is 0 Å². The maximum atomic E-state index is 11.9. The third-order valence-corrected chi connectivity index (χ3v) is 3.83. The zero-order valence-electron chi connectivity index (χ0n) is 8.74. The number of rotatable bonds is 3. The highest BCUT2D eigenvalue weighted by molar-refractivity contribution is 9.11. The van der Waals surface area contributed by atoms with Crippen molar-refractivity contribution in [3.63, 3.8) is 0 Å². The molecule has 0 aliphatic carbocycles. The number of hydrogen-bond donors (Lipinski definition) is 0. The molecule has 2 aromatic heterocycles. The van der Waals surface area contributed by atoms with Crippen LogP contribution < -0.4 is 0 Å². The van der Waals surface area contributed by atoms with Gasteiger partial charge in [0.05, 0.1) is 15.1 Å². The van der Waals surface area contributed by atoms with Crippen molar-refractivity contribution in [1.29, 1.82) is 0 Å². The minimum absolute atomic E-state index is 0.118. The Bertz CT molecular complexity index is 504. The van der Waals surface area contributed by atoms with E-state index in [2.05, 4.69) is 20.9 Å². The number of thiophene rings is 1. The third-order valence-electron chi connectivity index (χ3n) is 2.16. The van der Waals surface area contributed by atoms with E-state index in [9.17, 15) is 4.79 Å². The summed E-state index contributed by atoms with van der Waals surface area (Å²) in [6.07, 6.45) is 2.15. The summed E-state index contributed by atoms with van der Waals surface area (Å²) in [6, 6.07) is 7.60. The van der Waals surface area contributed by atoms with E-state index in [-0.39, 0.29) is 5.78 Å². The van der Waals surface area contributed by atoms with E-state index in [1.807, 2.05) is 31.2 Å². The van der Waals surface area contributed by atoms with Crippen LogP contribution in [0, 0.1) is 6.92 Å². The maximum absolute atomic E-state index is 11.9. The summed E-state index contributed by atoms with van der Waals surface area (Å²) < 4.78 is 0.979. The molecule has 2 nitrogen and oxygen atoms in total. The zero-order chi connectivity index (χ0) is 11.5. The Kier molecular flexibility index (Phi) is 3.51. The van der Waals surface area contributed by atoms with Crippen LogP contribution in [0.4, 0.5) is 0 Å². The lowest BCUT2D eigenvalue weighted by molar-refractivity contribution is 0.0996. The highest BCUT2D eigenvalue weighted by Gasteiger charge is 2.10. The number of ketones is 1. The summed E-state index contributed by atoms with van der Waals surface area (Å²) in [5, 5.41) is 0. The predicted molar refractivity (Wildman–Crippen MR) is 69.0 cm³/mol.